The molecule has 0 bridgehead atoms. The fraction of sp³-hybridized carbons (Fsp3) is 0.625. The molecule has 11 heavy (non-hydrogen) atoms. The Bertz CT molecular complexity index is 182. The van der Waals surface area contributed by atoms with Crippen LogP contribution in [0.3, 0.4) is 0 Å². The maximum absolute atomic E-state index is 3.99. The van der Waals surface area contributed by atoms with Crippen LogP contribution in [0.4, 0.5) is 0 Å². The van der Waals surface area contributed by atoms with Crippen LogP contribution in [0.25, 0.3) is 0 Å². The molecule has 1 aromatic heterocycles. The molecule has 0 saturated carbocycles. The minimum absolute atomic E-state index is 0.326. The van der Waals surface area contributed by atoms with E-state index in [-0.39, 0.29) is 8.80 Å². The Labute approximate surface area is 69.9 Å². The molecule has 0 fully saturated rings. The number of nitrogens with zero attached hydrogens (tertiary/aromatic N) is 2. The molecule has 0 aliphatic carbocycles. The second-order valence-electron chi connectivity index (χ2n) is 3.34. The van der Waals surface area contributed by atoms with E-state index in [2.05, 4.69) is 22.6 Å². The van der Waals surface area contributed by atoms with E-state index >= 15 is 0 Å². The van der Waals surface area contributed by atoms with Gasteiger partial charge < -0.3 is 4.57 Å². The molecule has 2 nitrogen and oxygen atoms in total. The van der Waals surface area contributed by atoms with Crippen LogP contribution >= 0.6 is 0 Å². The van der Waals surface area contributed by atoms with Gasteiger partial charge in [0.15, 0.2) is 0 Å². The van der Waals surface area contributed by atoms with Gasteiger partial charge in [-0.3, -0.25) is 0 Å². The third-order valence-corrected chi connectivity index (χ3v) is 3.32. The highest BCUT2D eigenvalue weighted by Gasteiger charge is 1.95. The summed E-state index contributed by atoms with van der Waals surface area (Å²) in [6, 6.07) is 1.44. The molecule has 3 heteroatoms. The normalized spacial score (nSPS) is 10.8. The Morgan fingerprint density at radius 3 is 2.82 bits per heavy atom. The van der Waals surface area contributed by atoms with Gasteiger partial charge in [-0.05, 0) is 6.42 Å². The van der Waals surface area contributed by atoms with E-state index in [1.165, 1.54) is 12.5 Å². The Morgan fingerprint density at radius 2 is 2.27 bits per heavy atom. The van der Waals surface area contributed by atoms with Crippen molar-refractivity contribution in [1.29, 1.82) is 0 Å². The monoisotopic (exact) mass is 168 g/mol. The molecule has 0 aliphatic heterocycles. The minimum Gasteiger partial charge on any atom is -0.338 e. The number of imidazole rings is 1. The lowest BCUT2D eigenvalue weighted by Gasteiger charge is -2.03. The molecule has 0 aromatic carbocycles. The van der Waals surface area contributed by atoms with Crippen LogP contribution in [0.15, 0.2) is 18.7 Å². The second-order valence-corrected chi connectivity index (χ2v) is 6.70. The minimum atomic E-state index is -0.326. The molecular formula is C8H16N2Si. The molecule has 0 spiro atoms. The summed E-state index contributed by atoms with van der Waals surface area (Å²) in [7, 11) is -0.326. The standard InChI is InChI=1S/C8H16N2Si/c1-11(2)7-3-5-10-6-4-9-8-10/h4,6,8,11H,3,5,7H2,1-2H3. The molecule has 0 radical (unpaired) electrons. The topological polar surface area (TPSA) is 17.8 Å². The summed E-state index contributed by atoms with van der Waals surface area (Å²) >= 11 is 0. The van der Waals surface area contributed by atoms with Crippen molar-refractivity contribution in [1.82, 2.24) is 9.55 Å². The summed E-state index contributed by atoms with van der Waals surface area (Å²) in [5, 5.41) is 0. The molecule has 0 aliphatic rings. The molecule has 0 N–H and O–H groups in total. The fourth-order valence-corrected chi connectivity index (χ4v) is 2.10. The zero-order chi connectivity index (χ0) is 8.10. The van der Waals surface area contributed by atoms with Crippen LogP contribution in [0.5, 0.6) is 0 Å². The van der Waals surface area contributed by atoms with Gasteiger partial charge in [0, 0.05) is 27.7 Å². The zero-order valence-corrected chi connectivity index (χ0v) is 8.48. The summed E-state index contributed by atoms with van der Waals surface area (Å²) in [5.74, 6) is 0. The van der Waals surface area contributed by atoms with Crippen molar-refractivity contribution in [3.63, 3.8) is 0 Å². The molecule has 0 unspecified atom stereocenters. The lowest BCUT2D eigenvalue weighted by molar-refractivity contribution is 0.675. The molecule has 1 heterocycles. The summed E-state index contributed by atoms with van der Waals surface area (Å²) in [4.78, 5) is 3.99. The van der Waals surface area contributed by atoms with Crippen molar-refractivity contribution in [2.45, 2.75) is 32.1 Å². The molecule has 1 aromatic rings. The fourth-order valence-electron chi connectivity index (χ4n) is 1.10. The van der Waals surface area contributed by atoms with Gasteiger partial charge >= 0.3 is 0 Å². The first-order valence-electron chi connectivity index (χ1n) is 4.25. The zero-order valence-electron chi connectivity index (χ0n) is 7.33. The van der Waals surface area contributed by atoms with E-state index in [0.717, 1.165) is 6.54 Å². The van der Waals surface area contributed by atoms with Crippen LogP contribution < -0.4 is 0 Å². The van der Waals surface area contributed by atoms with Crippen molar-refractivity contribution >= 4 is 8.80 Å². The Balaban J connectivity index is 2.14. The third kappa shape index (κ3) is 3.37. The maximum atomic E-state index is 3.99. The highest BCUT2D eigenvalue weighted by molar-refractivity contribution is 6.55. The first-order chi connectivity index (χ1) is 5.29. The third-order valence-electron chi connectivity index (χ3n) is 1.76. The lowest BCUT2D eigenvalue weighted by Crippen LogP contribution is -2.02. The number of aromatic nitrogens is 2. The van der Waals surface area contributed by atoms with E-state index < -0.39 is 0 Å². The molecule has 1 rings (SSSR count). The molecule has 0 amide bonds. The Hall–Kier alpha value is -0.573. The molecule has 0 atom stereocenters. The first-order valence-corrected chi connectivity index (χ1v) is 7.37. The highest BCUT2D eigenvalue weighted by atomic mass is 28.3. The molecule has 0 saturated heterocycles. The van der Waals surface area contributed by atoms with Gasteiger partial charge in [0.05, 0.1) is 6.33 Å². The van der Waals surface area contributed by atoms with Crippen molar-refractivity contribution in [2.24, 2.45) is 0 Å². The number of rotatable bonds is 4. The van der Waals surface area contributed by atoms with Gasteiger partial charge in [-0.25, -0.2) is 4.98 Å². The van der Waals surface area contributed by atoms with E-state index in [4.69, 9.17) is 0 Å². The number of hydrogen-bond donors (Lipinski definition) is 0. The van der Waals surface area contributed by atoms with Crippen molar-refractivity contribution < 1.29 is 0 Å². The average molecular weight is 168 g/mol. The van der Waals surface area contributed by atoms with Gasteiger partial charge in [-0.1, -0.05) is 19.1 Å². The van der Waals surface area contributed by atoms with E-state index in [0.29, 0.717) is 0 Å². The predicted molar refractivity (Wildman–Crippen MR) is 50.5 cm³/mol. The van der Waals surface area contributed by atoms with Crippen LogP contribution in [0, 0.1) is 0 Å². The average Bonchev–Trinajstić information content (AvgIpc) is 2.39. The van der Waals surface area contributed by atoms with E-state index in [1.807, 2.05) is 18.7 Å². The van der Waals surface area contributed by atoms with Gasteiger partial charge in [-0.15, -0.1) is 0 Å². The van der Waals surface area contributed by atoms with Crippen LogP contribution in [0.2, 0.25) is 19.1 Å². The van der Waals surface area contributed by atoms with Crippen LogP contribution in [-0.2, 0) is 6.54 Å². The van der Waals surface area contributed by atoms with Crippen LogP contribution in [-0.4, -0.2) is 18.3 Å². The summed E-state index contributed by atoms with van der Waals surface area (Å²) < 4.78 is 2.15. The smallest absolute Gasteiger partial charge is 0.0945 e. The highest BCUT2D eigenvalue weighted by Crippen LogP contribution is 1.99. The quantitative estimate of drug-likeness (QED) is 0.626. The van der Waals surface area contributed by atoms with Crippen LogP contribution in [0.1, 0.15) is 6.42 Å². The predicted octanol–water partition coefficient (Wildman–Crippen LogP) is 1.76. The number of aryl methyl sites for hydroxylation is 1. The molecule has 62 valence electrons. The van der Waals surface area contributed by atoms with Gasteiger partial charge in [-0.2, -0.15) is 0 Å². The van der Waals surface area contributed by atoms with Crippen molar-refractivity contribution in [3.05, 3.63) is 18.7 Å². The van der Waals surface area contributed by atoms with Crippen molar-refractivity contribution in [2.75, 3.05) is 0 Å². The maximum Gasteiger partial charge on any atom is 0.0945 e. The summed E-state index contributed by atoms with van der Waals surface area (Å²) in [6.07, 6.45) is 7.08. The Morgan fingerprint density at radius 1 is 1.45 bits per heavy atom. The largest absolute Gasteiger partial charge is 0.338 e. The molecular weight excluding hydrogens is 152 g/mol. The second kappa shape index (κ2) is 4.33. The van der Waals surface area contributed by atoms with Gasteiger partial charge in [0.2, 0.25) is 0 Å². The first kappa shape index (κ1) is 8.52. The number of hydrogen-bond acceptors (Lipinski definition) is 1. The SMILES string of the molecule is C[SiH](C)CCCn1ccnc1. The summed E-state index contributed by atoms with van der Waals surface area (Å²) in [5.41, 5.74) is 0. The van der Waals surface area contributed by atoms with E-state index in [9.17, 15) is 0 Å². The van der Waals surface area contributed by atoms with E-state index in [1.54, 1.807) is 0 Å². The Kier molecular flexibility index (Phi) is 3.36. The summed E-state index contributed by atoms with van der Waals surface area (Å²) in [6.45, 7) is 5.94. The van der Waals surface area contributed by atoms with Crippen molar-refractivity contribution in [3.8, 4) is 0 Å². The van der Waals surface area contributed by atoms with Gasteiger partial charge in [0.1, 0.15) is 0 Å². The van der Waals surface area contributed by atoms with Gasteiger partial charge in [0.25, 0.3) is 0 Å². The lowest BCUT2D eigenvalue weighted by atomic mass is 10.5.